The Kier molecular flexibility index (Phi) is 59.9. The van der Waals surface area contributed by atoms with Crippen LogP contribution in [0.25, 0.3) is 0 Å². The van der Waals surface area contributed by atoms with E-state index in [2.05, 4.69) is 41.5 Å². The SMILES string of the molecule is CCCCCCCCCCCCCCCCCCCC(=O)O[C@H](COC(=O)CCCCCCCCCCCCC)COP(=O)(O)OC[C@@H](O)COP(=O)(O)OC[C@@H](COC(=O)CCCCCCCCC(C)CC)OC(=O)CCCCCCCCCC(C)C. The van der Waals surface area contributed by atoms with E-state index < -0.39 is 97.5 Å². The molecule has 0 aliphatic heterocycles. The standard InChI is InChI=1S/C69H134O17P2/c1-7-10-12-14-16-18-20-21-22-23-24-25-27-29-33-41-47-53-68(73)85-64(57-79-66(71)51-45-39-32-28-26-19-17-15-13-11-8-2)59-83-87(75,76)81-55-63(70)56-82-88(77,78)84-60-65(86-69(74)54-48-42-34-30-31-37-43-49-61(4)5)58-80-67(72)52-46-40-36-35-38-44-50-62(6)9-3/h61-65,70H,7-60H2,1-6H3,(H,75,76)(H,77,78)/t62?,63-,64-,65-/m1/s1. The van der Waals surface area contributed by atoms with Crippen molar-refractivity contribution in [2.45, 2.75) is 368 Å². The highest BCUT2D eigenvalue weighted by molar-refractivity contribution is 7.47. The number of aliphatic hydroxyl groups excluding tert-OH is 1. The minimum Gasteiger partial charge on any atom is -0.462 e. The highest BCUT2D eigenvalue weighted by Gasteiger charge is 2.30. The van der Waals surface area contributed by atoms with Crippen molar-refractivity contribution in [1.29, 1.82) is 0 Å². The highest BCUT2D eigenvalue weighted by atomic mass is 31.2. The van der Waals surface area contributed by atoms with Crippen molar-refractivity contribution < 1.29 is 80.2 Å². The average molecular weight is 1300 g/mol. The van der Waals surface area contributed by atoms with Gasteiger partial charge in [0.05, 0.1) is 26.4 Å². The fourth-order valence-corrected chi connectivity index (χ4v) is 12.0. The lowest BCUT2D eigenvalue weighted by molar-refractivity contribution is -0.161. The molecule has 0 radical (unpaired) electrons. The Labute approximate surface area is 537 Å². The van der Waals surface area contributed by atoms with E-state index in [-0.39, 0.29) is 25.7 Å². The van der Waals surface area contributed by atoms with Crippen LogP contribution in [0.2, 0.25) is 0 Å². The quantitative estimate of drug-likeness (QED) is 0.0222. The van der Waals surface area contributed by atoms with E-state index in [1.165, 1.54) is 161 Å². The van der Waals surface area contributed by atoms with Gasteiger partial charge in [-0.1, -0.05) is 298 Å². The molecule has 0 bridgehead atoms. The van der Waals surface area contributed by atoms with Crippen molar-refractivity contribution in [1.82, 2.24) is 0 Å². The van der Waals surface area contributed by atoms with Crippen molar-refractivity contribution in [2.24, 2.45) is 11.8 Å². The summed E-state index contributed by atoms with van der Waals surface area (Å²) in [5.41, 5.74) is 0. The Morgan fingerprint density at radius 2 is 0.580 bits per heavy atom. The maximum atomic E-state index is 13.0. The van der Waals surface area contributed by atoms with Crippen LogP contribution in [0.15, 0.2) is 0 Å². The monoisotopic (exact) mass is 1300 g/mol. The first-order valence-electron chi connectivity index (χ1n) is 36.0. The number of hydrogen-bond donors (Lipinski definition) is 3. The van der Waals surface area contributed by atoms with E-state index in [9.17, 15) is 43.2 Å². The molecule has 0 aliphatic rings. The summed E-state index contributed by atoms with van der Waals surface area (Å²) in [4.78, 5) is 72.4. The topological polar surface area (TPSA) is 237 Å². The van der Waals surface area contributed by atoms with Crippen LogP contribution >= 0.6 is 15.6 Å². The van der Waals surface area contributed by atoms with Crippen molar-refractivity contribution in [2.75, 3.05) is 39.6 Å². The van der Waals surface area contributed by atoms with E-state index in [1.807, 2.05) is 0 Å². The Morgan fingerprint density at radius 1 is 0.330 bits per heavy atom. The molecule has 0 fully saturated rings. The Balaban J connectivity index is 5.22. The van der Waals surface area contributed by atoms with E-state index in [4.69, 9.17) is 37.0 Å². The summed E-state index contributed by atoms with van der Waals surface area (Å²) >= 11 is 0. The first-order valence-corrected chi connectivity index (χ1v) is 39.0. The summed E-state index contributed by atoms with van der Waals surface area (Å²) < 4.78 is 68.2. The van der Waals surface area contributed by atoms with Gasteiger partial charge < -0.3 is 33.8 Å². The fourth-order valence-electron chi connectivity index (χ4n) is 10.4. The minimum atomic E-state index is -4.95. The van der Waals surface area contributed by atoms with Crippen LogP contribution in [-0.4, -0.2) is 96.7 Å². The zero-order valence-corrected chi connectivity index (χ0v) is 58.8. The van der Waals surface area contributed by atoms with Crippen LogP contribution in [0.1, 0.15) is 350 Å². The van der Waals surface area contributed by atoms with Gasteiger partial charge in [0, 0.05) is 25.7 Å². The summed E-state index contributed by atoms with van der Waals surface area (Å²) in [6.07, 6.45) is 45.9. The van der Waals surface area contributed by atoms with Gasteiger partial charge in [-0.3, -0.25) is 37.3 Å². The third kappa shape index (κ3) is 61.6. The molecule has 19 heteroatoms. The number of esters is 4. The molecule has 0 amide bonds. The van der Waals surface area contributed by atoms with Crippen LogP contribution < -0.4 is 0 Å². The molecule has 0 aromatic carbocycles. The number of unbranched alkanes of at least 4 members (excludes halogenated alkanes) is 37. The normalized spacial score (nSPS) is 14.5. The molecule has 3 N–H and O–H groups in total. The van der Waals surface area contributed by atoms with E-state index in [1.54, 1.807) is 0 Å². The number of aliphatic hydroxyl groups is 1. The molecular weight excluding hydrogens is 1160 g/mol. The van der Waals surface area contributed by atoms with Crippen LogP contribution in [0.4, 0.5) is 0 Å². The molecule has 0 rings (SSSR count). The summed E-state index contributed by atoms with van der Waals surface area (Å²) in [5.74, 6) is -0.702. The number of phosphoric ester groups is 2. The Hall–Kier alpha value is -1.94. The molecule has 0 saturated carbocycles. The lowest BCUT2D eigenvalue weighted by atomic mass is 10.00. The van der Waals surface area contributed by atoms with Crippen molar-refractivity contribution in [3.8, 4) is 0 Å². The second kappa shape index (κ2) is 61.3. The molecule has 0 saturated heterocycles. The second-order valence-corrected chi connectivity index (χ2v) is 28.5. The van der Waals surface area contributed by atoms with Crippen LogP contribution in [0, 0.1) is 11.8 Å². The third-order valence-electron chi connectivity index (χ3n) is 16.3. The zero-order chi connectivity index (χ0) is 65.0. The van der Waals surface area contributed by atoms with Gasteiger partial charge in [0.25, 0.3) is 0 Å². The van der Waals surface area contributed by atoms with Crippen molar-refractivity contribution in [3.63, 3.8) is 0 Å². The van der Waals surface area contributed by atoms with Crippen molar-refractivity contribution >= 4 is 39.5 Å². The predicted octanol–water partition coefficient (Wildman–Crippen LogP) is 19.6. The maximum Gasteiger partial charge on any atom is 0.472 e. The molecule has 522 valence electrons. The molecule has 0 aromatic heterocycles. The number of rotatable bonds is 68. The predicted molar refractivity (Wildman–Crippen MR) is 354 cm³/mol. The van der Waals surface area contributed by atoms with Gasteiger partial charge >= 0.3 is 39.5 Å². The molecule has 6 atom stereocenters. The second-order valence-electron chi connectivity index (χ2n) is 25.6. The largest absolute Gasteiger partial charge is 0.472 e. The molecule has 3 unspecified atom stereocenters. The summed E-state index contributed by atoms with van der Waals surface area (Å²) in [5, 5.41) is 10.6. The minimum absolute atomic E-state index is 0.103. The van der Waals surface area contributed by atoms with E-state index in [0.717, 1.165) is 102 Å². The molecule has 0 heterocycles. The zero-order valence-electron chi connectivity index (χ0n) is 57.0. The van der Waals surface area contributed by atoms with E-state index >= 15 is 0 Å². The van der Waals surface area contributed by atoms with E-state index in [0.29, 0.717) is 31.6 Å². The molecule has 0 aromatic rings. The Bertz CT molecular complexity index is 1720. The number of phosphoric acid groups is 2. The van der Waals surface area contributed by atoms with Gasteiger partial charge in [-0.25, -0.2) is 9.13 Å². The van der Waals surface area contributed by atoms with Crippen LogP contribution in [-0.2, 0) is 65.4 Å². The smallest absolute Gasteiger partial charge is 0.462 e. The van der Waals surface area contributed by atoms with Gasteiger partial charge in [-0.2, -0.15) is 0 Å². The first-order chi connectivity index (χ1) is 42.4. The lowest BCUT2D eigenvalue weighted by Gasteiger charge is -2.21. The highest BCUT2D eigenvalue weighted by Crippen LogP contribution is 2.45. The molecule has 17 nitrogen and oxygen atoms in total. The molecule has 0 spiro atoms. The molecule has 88 heavy (non-hydrogen) atoms. The Morgan fingerprint density at radius 3 is 0.864 bits per heavy atom. The van der Waals surface area contributed by atoms with Crippen LogP contribution in [0.5, 0.6) is 0 Å². The summed E-state index contributed by atoms with van der Waals surface area (Å²) in [7, 11) is -9.90. The van der Waals surface area contributed by atoms with Gasteiger partial charge in [0.2, 0.25) is 0 Å². The van der Waals surface area contributed by atoms with Gasteiger partial charge in [0.1, 0.15) is 19.3 Å². The summed E-state index contributed by atoms with van der Waals surface area (Å²) in [6.45, 7) is 9.43. The van der Waals surface area contributed by atoms with Crippen LogP contribution in [0.3, 0.4) is 0 Å². The number of hydrogen-bond acceptors (Lipinski definition) is 15. The van der Waals surface area contributed by atoms with Gasteiger partial charge in [-0.05, 0) is 37.5 Å². The van der Waals surface area contributed by atoms with Crippen molar-refractivity contribution in [3.05, 3.63) is 0 Å². The fraction of sp³-hybridized carbons (Fsp3) is 0.942. The maximum absolute atomic E-state index is 13.0. The average Bonchev–Trinajstić information content (AvgIpc) is 3.67. The first kappa shape index (κ1) is 86.1. The molecular formula is C69H134O17P2. The van der Waals surface area contributed by atoms with Gasteiger partial charge in [0.15, 0.2) is 12.2 Å². The third-order valence-corrected chi connectivity index (χ3v) is 18.2. The molecule has 0 aliphatic carbocycles. The summed E-state index contributed by atoms with van der Waals surface area (Å²) in [6, 6.07) is 0. The van der Waals surface area contributed by atoms with Gasteiger partial charge in [-0.15, -0.1) is 0 Å². The number of ether oxygens (including phenoxy) is 4. The number of carbonyl (C=O) groups is 4. The number of carbonyl (C=O) groups excluding carboxylic acids is 4. The lowest BCUT2D eigenvalue weighted by Crippen LogP contribution is -2.30.